The number of pyridine rings is 1. The molecule has 2 N–H and O–H groups in total. The molecule has 3 aromatic rings. The van der Waals surface area contributed by atoms with Gasteiger partial charge in [-0.3, -0.25) is 19.8 Å². The van der Waals surface area contributed by atoms with Gasteiger partial charge in [-0.15, -0.1) is 0 Å². The van der Waals surface area contributed by atoms with Crippen molar-refractivity contribution in [1.82, 2.24) is 9.97 Å². The van der Waals surface area contributed by atoms with Crippen molar-refractivity contribution in [2.75, 3.05) is 4.72 Å². The van der Waals surface area contributed by atoms with Gasteiger partial charge in [0.1, 0.15) is 12.0 Å². The van der Waals surface area contributed by atoms with Crippen molar-refractivity contribution in [2.24, 2.45) is 0 Å². The number of nitro groups is 1. The summed E-state index contributed by atoms with van der Waals surface area (Å²) in [4.78, 5) is 27.2. The van der Waals surface area contributed by atoms with Crippen LogP contribution in [0.1, 0.15) is 5.56 Å². The molecule has 0 radical (unpaired) electrons. The van der Waals surface area contributed by atoms with E-state index >= 15 is 0 Å². The van der Waals surface area contributed by atoms with E-state index in [1.54, 1.807) is 0 Å². The summed E-state index contributed by atoms with van der Waals surface area (Å²) in [6.07, 6.45) is 0.958. The van der Waals surface area contributed by atoms with Crippen molar-refractivity contribution in [3.8, 4) is 0 Å². The Morgan fingerprint density at radius 2 is 2.08 bits per heavy atom. The van der Waals surface area contributed by atoms with E-state index in [-0.39, 0.29) is 22.0 Å². The molecule has 0 bridgehead atoms. The number of aromatic nitrogens is 2. The third-order valence-corrected chi connectivity index (χ3v) is 4.55. The van der Waals surface area contributed by atoms with Gasteiger partial charge in [0.2, 0.25) is 0 Å². The van der Waals surface area contributed by atoms with Crippen LogP contribution in [0.3, 0.4) is 0 Å². The lowest BCUT2D eigenvalue weighted by Gasteiger charge is -2.09. The molecule has 0 aliphatic heterocycles. The Bertz CT molecular complexity index is 1110. The van der Waals surface area contributed by atoms with Gasteiger partial charge >= 0.3 is 5.76 Å². The molecule has 3 rings (SSSR count). The van der Waals surface area contributed by atoms with Crippen LogP contribution in [-0.2, 0) is 10.0 Å². The highest BCUT2D eigenvalue weighted by molar-refractivity contribution is 7.92. The first-order chi connectivity index (χ1) is 11.3. The lowest BCUT2D eigenvalue weighted by Crippen LogP contribution is -2.15. The van der Waals surface area contributed by atoms with Gasteiger partial charge in [0, 0.05) is 12.1 Å². The average molecular weight is 350 g/mol. The number of hydrogen-bond acceptors (Lipinski definition) is 7. The molecule has 0 aliphatic carbocycles. The van der Waals surface area contributed by atoms with Crippen LogP contribution >= 0.6 is 0 Å². The molecule has 11 heteroatoms. The van der Waals surface area contributed by atoms with E-state index in [4.69, 9.17) is 4.42 Å². The second-order valence-electron chi connectivity index (χ2n) is 4.89. The monoisotopic (exact) mass is 350 g/mol. The Balaban J connectivity index is 1.98. The average Bonchev–Trinajstić information content (AvgIpc) is 2.88. The molecule has 0 aliphatic rings. The Hall–Kier alpha value is -3.21. The van der Waals surface area contributed by atoms with E-state index in [2.05, 4.69) is 14.7 Å². The third-order valence-electron chi connectivity index (χ3n) is 3.21. The lowest BCUT2D eigenvalue weighted by molar-refractivity contribution is -0.385. The Labute approximate surface area is 134 Å². The molecule has 24 heavy (non-hydrogen) atoms. The summed E-state index contributed by atoms with van der Waals surface area (Å²) >= 11 is 0. The van der Waals surface area contributed by atoms with E-state index in [0.29, 0.717) is 11.1 Å². The SMILES string of the molecule is Cc1cc([N+](=O)[O-])cnc1NS(=O)(=O)c1ccc2[nH]c(=O)oc2c1. The number of nitrogens with zero attached hydrogens (tertiary/aromatic N) is 2. The fourth-order valence-electron chi connectivity index (χ4n) is 2.05. The number of aromatic amines is 1. The Morgan fingerprint density at radius 3 is 2.75 bits per heavy atom. The van der Waals surface area contributed by atoms with Gasteiger partial charge in [-0.2, -0.15) is 0 Å². The van der Waals surface area contributed by atoms with Crippen molar-refractivity contribution in [2.45, 2.75) is 11.8 Å². The molecule has 0 spiro atoms. The zero-order chi connectivity index (χ0) is 17.5. The van der Waals surface area contributed by atoms with Crippen molar-refractivity contribution >= 4 is 32.6 Å². The van der Waals surface area contributed by atoms with Crippen LogP contribution in [0, 0.1) is 17.0 Å². The summed E-state index contributed by atoms with van der Waals surface area (Å²) in [5.74, 6) is -0.725. The summed E-state index contributed by atoms with van der Waals surface area (Å²) in [6, 6.07) is 5.08. The summed E-state index contributed by atoms with van der Waals surface area (Å²) in [5.41, 5.74) is 0.507. The second kappa shape index (κ2) is 5.45. The molecular formula is C13H10N4O6S. The summed E-state index contributed by atoms with van der Waals surface area (Å²) in [5, 5.41) is 10.7. The van der Waals surface area contributed by atoms with Crippen LogP contribution in [0.15, 0.2) is 44.6 Å². The smallest absolute Gasteiger partial charge is 0.408 e. The number of nitrogens with one attached hydrogen (secondary N) is 2. The first-order valence-electron chi connectivity index (χ1n) is 6.53. The van der Waals surface area contributed by atoms with Crippen molar-refractivity contribution < 1.29 is 17.8 Å². The fraction of sp³-hybridized carbons (Fsp3) is 0.0769. The highest BCUT2D eigenvalue weighted by atomic mass is 32.2. The molecule has 0 fully saturated rings. The van der Waals surface area contributed by atoms with Crippen molar-refractivity contribution in [3.05, 3.63) is 56.7 Å². The van der Waals surface area contributed by atoms with E-state index in [1.807, 2.05) is 0 Å². The number of hydrogen-bond donors (Lipinski definition) is 2. The van der Waals surface area contributed by atoms with E-state index in [0.717, 1.165) is 6.20 Å². The number of rotatable bonds is 4. The first kappa shape index (κ1) is 15.7. The molecule has 2 heterocycles. The number of sulfonamides is 1. The Morgan fingerprint density at radius 1 is 1.33 bits per heavy atom. The predicted molar refractivity (Wildman–Crippen MR) is 83.3 cm³/mol. The maximum atomic E-state index is 12.4. The van der Waals surface area contributed by atoms with E-state index < -0.39 is 20.7 Å². The zero-order valence-corrected chi connectivity index (χ0v) is 13.0. The molecule has 124 valence electrons. The van der Waals surface area contributed by atoms with Crippen LogP contribution in [0.25, 0.3) is 11.1 Å². The summed E-state index contributed by atoms with van der Waals surface area (Å²) in [7, 11) is -4.01. The van der Waals surface area contributed by atoms with Crippen molar-refractivity contribution in [1.29, 1.82) is 0 Å². The van der Waals surface area contributed by atoms with Crippen LogP contribution < -0.4 is 10.5 Å². The molecule has 0 saturated carbocycles. The first-order valence-corrected chi connectivity index (χ1v) is 8.01. The topological polar surface area (TPSA) is 148 Å². The molecule has 10 nitrogen and oxygen atoms in total. The zero-order valence-electron chi connectivity index (χ0n) is 12.1. The normalized spacial score (nSPS) is 11.5. The number of anilines is 1. The van der Waals surface area contributed by atoms with Gasteiger partial charge in [0.05, 0.1) is 15.3 Å². The van der Waals surface area contributed by atoms with Gasteiger partial charge in [-0.05, 0) is 24.6 Å². The highest BCUT2D eigenvalue weighted by Gasteiger charge is 2.19. The molecule has 0 saturated heterocycles. The largest absolute Gasteiger partial charge is 0.417 e. The molecule has 2 aromatic heterocycles. The van der Waals surface area contributed by atoms with Gasteiger partial charge in [-0.25, -0.2) is 18.2 Å². The highest BCUT2D eigenvalue weighted by Crippen LogP contribution is 2.22. The number of H-pyrrole nitrogens is 1. The third kappa shape index (κ3) is 2.84. The minimum Gasteiger partial charge on any atom is -0.408 e. The van der Waals surface area contributed by atoms with Gasteiger partial charge in [0.15, 0.2) is 5.58 Å². The number of aryl methyl sites for hydroxylation is 1. The molecule has 0 amide bonds. The summed E-state index contributed by atoms with van der Waals surface area (Å²) < 4.78 is 31.9. The van der Waals surface area contributed by atoms with E-state index in [9.17, 15) is 23.3 Å². The summed E-state index contributed by atoms with van der Waals surface area (Å²) in [6.45, 7) is 1.49. The number of oxazole rings is 1. The fourth-order valence-corrected chi connectivity index (χ4v) is 3.14. The molecular weight excluding hydrogens is 340 g/mol. The second-order valence-corrected chi connectivity index (χ2v) is 6.58. The Kier molecular flexibility index (Phi) is 3.56. The molecule has 0 atom stereocenters. The molecule has 0 unspecified atom stereocenters. The van der Waals surface area contributed by atoms with Crippen LogP contribution in [-0.4, -0.2) is 23.3 Å². The molecule has 1 aromatic carbocycles. The van der Waals surface area contributed by atoms with Crippen LogP contribution in [0.5, 0.6) is 0 Å². The van der Waals surface area contributed by atoms with Crippen LogP contribution in [0.2, 0.25) is 0 Å². The number of benzene rings is 1. The van der Waals surface area contributed by atoms with Gasteiger partial charge in [-0.1, -0.05) is 0 Å². The standard InChI is InChI=1S/C13H10N4O6S/c1-7-4-8(17(19)20)6-14-12(7)16-24(21,22)9-2-3-10-11(5-9)23-13(18)15-10/h2-6H,1H3,(H,14,16)(H,15,18). The lowest BCUT2D eigenvalue weighted by atomic mass is 10.3. The quantitative estimate of drug-likeness (QED) is 0.535. The van der Waals surface area contributed by atoms with Gasteiger partial charge in [0.25, 0.3) is 15.7 Å². The maximum Gasteiger partial charge on any atom is 0.417 e. The van der Waals surface area contributed by atoms with Crippen molar-refractivity contribution in [3.63, 3.8) is 0 Å². The van der Waals surface area contributed by atoms with E-state index in [1.165, 1.54) is 31.2 Å². The maximum absolute atomic E-state index is 12.4. The minimum atomic E-state index is -4.01. The minimum absolute atomic E-state index is 0.0313. The van der Waals surface area contributed by atoms with Gasteiger partial charge < -0.3 is 4.42 Å². The van der Waals surface area contributed by atoms with Crippen LogP contribution in [0.4, 0.5) is 11.5 Å². The number of fused-ring (bicyclic) bond motifs is 1. The predicted octanol–water partition coefficient (Wildman–Crippen LogP) is 1.53.